The smallest absolute Gasteiger partial charge is 0.411 e. The van der Waals surface area contributed by atoms with Crippen LogP contribution in [-0.2, 0) is 25.3 Å². The Bertz CT molecular complexity index is 507. The molecule has 4 unspecified atom stereocenters. The molecule has 0 radical (unpaired) electrons. The first kappa shape index (κ1) is 47.2. The minimum atomic E-state index is 0. The second-order valence-electron chi connectivity index (χ2n) is 12.0. The van der Waals surface area contributed by atoms with Gasteiger partial charge < -0.3 is 59.5 Å². The van der Waals surface area contributed by atoms with Crippen molar-refractivity contribution >= 4 is 107 Å². The van der Waals surface area contributed by atoms with Crippen LogP contribution in [0.2, 0.25) is 0 Å². The molecular weight excluding hydrogens is 702 g/mol. The zero-order valence-electron chi connectivity index (χ0n) is 28.7. The maximum absolute atomic E-state index is 5.32. The van der Waals surface area contributed by atoms with Crippen LogP contribution in [0.25, 0.3) is 0 Å². The largest absolute Gasteiger partial charge is 2.00 e. The summed E-state index contributed by atoms with van der Waals surface area (Å²) in [5.74, 6) is 3.00. The molecule has 41 heavy (non-hydrogen) atoms. The molecule has 0 aliphatic carbocycles. The fourth-order valence-electron chi connectivity index (χ4n) is 5.36. The third-order valence-electron chi connectivity index (χ3n) is 8.60. The van der Waals surface area contributed by atoms with Gasteiger partial charge >= 0.3 is 48.9 Å². The summed E-state index contributed by atoms with van der Waals surface area (Å²) in [7, 11) is 0. The van der Waals surface area contributed by atoms with Gasteiger partial charge in [0.15, 0.2) is 0 Å². The van der Waals surface area contributed by atoms with Crippen LogP contribution in [0, 0.1) is 23.7 Å². The third kappa shape index (κ3) is 26.7. The SMILES string of the molecule is CCCCC(CC)CN(CC(CC)CCCC)C(=S)[S-].CCCCC(CC)CN(CC(CC)CCCC)C(=S)[S-].[Ba+2]. The summed E-state index contributed by atoms with van der Waals surface area (Å²) in [5, 5.41) is 0. The summed E-state index contributed by atoms with van der Waals surface area (Å²) < 4.78 is 1.35. The Morgan fingerprint density at radius 3 is 0.780 bits per heavy atom. The molecular formula is C34H68BaN2S4. The van der Waals surface area contributed by atoms with Crippen molar-refractivity contribution in [3.05, 3.63) is 0 Å². The van der Waals surface area contributed by atoms with Gasteiger partial charge in [-0.1, -0.05) is 141 Å². The van der Waals surface area contributed by atoms with E-state index < -0.39 is 0 Å². The molecule has 0 spiro atoms. The molecule has 0 fully saturated rings. The van der Waals surface area contributed by atoms with Crippen molar-refractivity contribution in [2.24, 2.45) is 23.7 Å². The predicted molar refractivity (Wildman–Crippen MR) is 202 cm³/mol. The average molecular weight is 771 g/mol. The first-order valence-electron chi connectivity index (χ1n) is 17.1. The Balaban J connectivity index is -0.000000688. The van der Waals surface area contributed by atoms with Gasteiger partial charge in [0.2, 0.25) is 0 Å². The zero-order chi connectivity index (χ0) is 30.8. The van der Waals surface area contributed by atoms with Crippen LogP contribution in [0.4, 0.5) is 0 Å². The van der Waals surface area contributed by atoms with E-state index in [0.29, 0.717) is 8.64 Å². The molecule has 0 saturated heterocycles. The quantitative estimate of drug-likeness (QED) is 0.0544. The molecule has 0 aromatic rings. The van der Waals surface area contributed by atoms with Crippen LogP contribution in [0.15, 0.2) is 0 Å². The van der Waals surface area contributed by atoms with E-state index in [0.717, 1.165) is 49.9 Å². The Morgan fingerprint density at radius 2 is 0.659 bits per heavy atom. The summed E-state index contributed by atoms with van der Waals surface area (Å²) in [6.07, 6.45) is 20.6. The monoisotopic (exact) mass is 770 g/mol. The van der Waals surface area contributed by atoms with Crippen molar-refractivity contribution in [2.45, 2.75) is 158 Å². The van der Waals surface area contributed by atoms with Crippen molar-refractivity contribution in [2.75, 3.05) is 26.2 Å². The van der Waals surface area contributed by atoms with Crippen LogP contribution in [0.5, 0.6) is 0 Å². The molecule has 240 valence electrons. The van der Waals surface area contributed by atoms with Crippen LogP contribution < -0.4 is 0 Å². The van der Waals surface area contributed by atoms with Gasteiger partial charge in [0.05, 0.1) is 0 Å². The maximum atomic E-state index is 5.32. The Hall–Kier alpha value is 1.79. The van der Waals surface area contributed by atoms with E-state index in [4.69, 9.17) is 49.7 Å². The van der Waals surface area contributed by atoms with Gasteiger partial charge in [0.1, 0.15) is 0 Å². The molecule has 0 heterocycles. The fraction of sp³-hybridized carbons (Fsp3) is 0.941. The zero-order valence-corrected chi connectivity index (χ0v) is 36.4. The minimum absolute atomic E-state index is 0. The van der Waals surface area contributed by atoms with E-state index in [1.165, 1.54) is 103 Å². The standard InChI is InChI=1S/2C17H35NS2.Ba/c2*1-5-9-11-15(7-3)13-18(17(19)20)14-16(8-4)12-10-6-2;/h2*15-16H,5-14H2,1-4H3,(H,19,20);/q;;+2/p-2. The van der Waals surface area contributed by atoms with Crippen molar-refractivity contribution in [3.63, 3.8) is 0 Å². The minimum Gasteiger partial charge on any atom is -0.411 e. The van der Waals surface area contributed by atoms with Gasteiger partial charge in [0.25, 0.3) is 0 Å². The van der Waals surface area contributed by atoms with Crippen LogP contribution in [0.1, 0.15) is 158 Å². The van der Waals surface area contributed by atoms with Gasteiger partial charge in [-0.15, -0.1) is 0 Å². The molecule has 7 heteroatoms. The van der Waals surface area contributed by atoms with E-state index in [-0.39, 0.29) is 48.9 Å². The molecule has 0 bridgehead atoms. The third-order valence-corrected chi connectivity index (χ3v) is 9.64. The average Bonchev–Trinajstić information content (AvgIpc) is 2.95. The number of nitrogens with zero attached hydrogens (tertiary/aromatic N) is 2. The second-order valence-corrected chi connectivity index (χ2v) is 14.1. The first-order valence-corrected chi connectivity index (χ1v) is 18.7. The molecule has 4 atom stereocenters. The number of thiocarbonyl (C=S) groups is 2. The Morgan fingerprint density at radius 1 is 0.463 bits per heavy atom. The van der Waals surface area contributed by atoms with E-state index in [9.17, 15) is 0 Å². The maximum Gasteiger partial charge on any atom is 2.00 e. The Labute approximate surface area is 321 Å². The molecule has 0 saturated carbocycles. The number of unbranched alkanes of at least 4 members (excludes halogenated alkanes) is 4. The normalized spacial score (nSPS) is 13.7. The molecule has 0 aromatic carbocycles. The molecule has 0 aliphatic heterocycles. The Kier molecular flexibility index (Phi) is 38.2. The van der Waals surface area contributed by atoms with Crippen molar-refractivity contribution in [1.82, 2.24) is 9.80 Å². The molecule has 0 N–H and O–H groups in total. The van der Waals surface area contributed by atoms with E-state index >= 15 is 0 Å². The topological polar surface area (TPSA) is 6.48 Å². The summed E-state index contributed by atoms with van der Waals surface area (Å²) >= 11 is 21.3. The predicted octanol–water partition coefficient (Wildman–Crippen LogP) is 10.7. The van der Waals surface area contributed by atoms with Crippen LogP contribution in [0.3, 0.4) is 0 Å². The van der Waals surface area contributed by atoms with Gasteiger partial charge in [-0.05, 0) is 49.4 Å². The number of hydrogen-bond donors (Lipinski definition) is 0. The van der Waals surface area contributed by atoms with Crippen molar-refractivity contribution < 1.29 is 0 Å². The number of rotatable bonds is 24. The van der Waals surface area contributed by atoms with E-state index in [1.807, 2.05) is 0 Å². The van der Waals surface area contributed by atoms with Gasteiger partial charge in [-0.25, -0.2) is 0 Å². The van der Waals surface area contributed by atoms with Crippen LogP contribution in [-0.4, -0.2) is 93.5 Å². The molecule has 0 rings (SSSR count). The summed E-state index contributed by atoms with van der Waals surface area (Å²) in [4.78, 5) is 4.61. The second kappa shape index (κ2) is 33.2. The molecule has 2 nitrogen and oxygen atoms in total. The van der Waals surface area contributed by atoms with Crippen molar-refractivity contribution in [3.8, 4) is 0 Å². The summed E-state index contributed by atoms with van der Waals surface area (Å²) in [5.41, 5.74) is 0. The van der Waals surface area contributed by atoms with E-state index in [1.54, 1.807) is 0 Å². The summed E-state index contributed by atoms with van der Waals surface area (Å²) in [6.45, 7) is 22.5. The molecule has 0 aliphatic rings. The first-order chi connectivity index (χ1) is 19.2. The fourth-order valence-corrected chi connectivity index (χ4v) is 5.96. The van der Waals surface area contributed by atoms with Crippen molar-refractivity contribution in [1.29, 1.82) is 0 Å². The van der Waals surface area contributed by atoms with Gasteiger partial charge in [0, 0.05) is 26.2 Å². The molecule has 0 aromatic heterocycles. The molecule has 0 amide bonds. The van der Waals surface area contributed by atoms with E-state index in [2.05, 4.69) is 65.2 Å². The van der Waals surface area contributed by atoms with Gasteiger partial charge in [-0.3, -0.25) is 0 Å². The summed E-state index contributed by atoms with van der Waals surface area (Å²) in [6, 6.07) is 0. The number of hydrogen-bond acceptors (Lipinski definition) is 4. The van der Waals surface area contributed by atoms with Gasteiger partial charge in [-0.2, -0.15) is 0 Å². The van der Waals surface area contributed by atoms with Crippen LogP contribution >= 0.6 is 24.4 Å².